The van der Waals surface area contributed by atoms with Gasteiger partial charge in [0, 0.05) is 44.8 Å². The van der Waals surface area contributed by atoms with Gasteiger partial charge in [-0.3, -0.25) is 4.79 Å². The second kappa shape index (κ2) is 11.5. The molecule has 0 saturated carbocycles. The van der Waals surface area contributed by atoms with Crippen LogP contribution in [0.15, 0.2) is 29.2 Å². The van der Waals surface area contributed by atoms with Crippen molar-refractivity contribution in [3.63, 3.8) is 0 Å². The number of carbonyl (C=O) groups is 2. The van der Waals surface area contributed by atoms with Gasteiger partial charge in [0.15, 0.2) is 0 Å². The van der Waals surface area contributed by atoms with Crippen LogP contribution in [-0.4, -0.2) is 93.6 Å². The van der Waals surface area contributed by atoms with Crippen molar-refractivity contribution in [3.8, 4) is 12.3 Å². The lowest BCUT2D eigenvalue weighted by atomic mass is 9.97. The number of amides is 2. The van der Waals surface area contributed by atoms with Crippen molar-refractivity contribution in [2.24, 2.45) is 5.92 Å². The van der Waals surface area contributed by atoms with Crippen molar-refractivity contribution in [1.82, 2.24) is 14.1 Å². The van der Waals surface area contributed by atoms with E-state index in [9.17, 15) is 18.0 Å². The molecule has 2 saturated heterocycles. The lowest BCUT2D eigenvalue weighted by Crippen LogP contribution is -2.50. The molecule has 1 aromatic carbocycles. The van der Waals surface area contributed by atoms with Gasteiger partial charge in [0.05, 0.1) is 18.1 Å². The molecule has 2 fully saturated rings. The average molecular weight is 478 g/mol. The predicted octanol–water partition coefficient (Wildman–Crippen LogP) is 1.65. The summed E-state index contributed by atoms with van der Waals surface area (Å²) in [5, 5.41) is 0. The molecule has 0 aliphatic carbocycles. The molecule has 0 atom stereocenters. The van der Waals surface area contributed by atoms with Crippen molar-refractivity contribution in [1.29, 1.82) is 0 Å². The number of ether oxygens (including phenoxy) is 2. The van der Waals surface area contributed by atoms with E-state index < -0.39 is 16.1 Å². The zero-order chi connectivity index (χ0) is 23.8. The van der Waals surface area contributed by atoms with Crippen molar-refractivity contribution in [3.05, 3.63) is 29.8 Å². The highest BCUT2D eigenvalue weighted by Gasteiger charge is 2.31. The number of carbonyl (C=O) groups excluding carboxylic acids is 2. The van der Waals surface area contributed by atoms with Gasteiger partial charge in [0.1, 0.15) is 6.61 Å². The SMILES string of the molecule is C#CCOCC1CCN(C(=O)c2ccc(S(=O)(=O)N3CCN(C(=O)OCC)CC3)cc2)CC1. The molecule has 2 heterocycles. The molecule has 0 aromatic heterocycles. The highest BCUT2D eigenvalue weighted by atomic mass is 32.2. The minimum Gasteiger partial charge on any atom is -0.450 e. The van der Waals surface area contributed by atoms with Crippen LogP contribution in [0.25, 0.3) is 0 Å². The molecule has 0 radical (unpaired) electrons. The maximum Gasteiger partial charge on any atom is 0.409 e. The van der Waals surface area contributed by atoms with Gasteiger partial charge in [0.2, 0.25) is 10.0 Å². The summed E-state index contributed by atoms with van der Waals surface area (Å²) >= 11 is 0. The van der Waals surface area contributed by atoms with Gasteiger partial charge in [-0.25, -0.2) is 13.2 Å². The normalized spacial score (nSPS) is 18.1. The maximum absolute atomic E-state index is 13.0. The molecule has 0 bridgehead atoms. The summed E-state index contributed by atoms with van der Waals surface area (Å²) < 4.78 is 37.7. The van der Waals surface area contributed by atoms with Crippen LogP contribution in [0.5, 0.6) is 0 Å². The number of nitrogens with zero attached hydrogens (tertiary/aromatic N) is 3. The number of terminal acetylenes is 1. The third-order valence-electron chi connectivity index (χ3n) is 5.94. The molecule has 0 N–H and O–H groups in total. The second-order valence-electron chi connectivity index (χ2n) is 8.07. The molecule has 33 heavy (non-hydrogen) atoms. The largest absolute Gasteiger partial charge is 0.450 e. The fourth-order valence-corrected chi connectivity index (χ4v) is 5.44. The van der Waals surface area contributed by atoms with E-state index in [2.05, 4.69) is 5.92 Å². The third-order valence-corrected chi connectivity index (χ3v) is 7.86. The lowest BCUT2D eigenvalue weighted by molar-refractivity contribution is 0.0582. The van der Waals surface area contributed by atoms with Gasteiger partial charge < -0.3 is 19.3 Å². The first-order chi connectivity index (χ1) is 15.9. The van der Waals surface area contributed by atoms with Crippen molar-refractivity contribution >= 4 is 22.0 Å². The molecular weight excluding hydrogens is 446 g/mol. The molecule has 2 aliphatic rings. The predicted molar refractivity (Wildman–Crippen MR) is 122 cm³/mol. The molecule has 0 spiro atoms. The molecule has 1 aromatic rings. The van der Waals surface area contributed by atoms with E-state index in [4.69, 9.17) is 15.9 Å². The number of benzene rings is 1. The monoisotopic (exact) mass is 477 g/mol. The number of piperazine rings is 1. The van der Waals surface area contributed by atoms with Crippen LogP contribution in [0.2, 0.25) is 0 Å². The van der Waals surface area contributed by atoms with Crippen LogP contribution in [-0.2, 0) is 19.5 Å². The van der Waals surface area contributed by atoms with Gasteiger partial charge in [0.25, 0.3) is 5.91 Å². The van der Waals surface area contributed by atoms with Gasteiger partial charge >= 0.3 is 6.09 Å². The van der Waals surface area contributed by atoms with E-state index in [1.54, 1.807) is 24.0 Å². The number of likely N-dealkylation sites (tertiary alicyclic amines) is 1. The number of piperidine rings is 1. The Hall–Kier alpha value is -2.61. The molecule has 0 unspecified atom stereocenters. The Balaban J connectivity index is 1.55. The Labute approximate surface area is 195 Å². The molecule has 2 aliphatic heterocycles. The summed E-state index contributed by atoms with van der Waals surface area (Å²) in [6, 6.07) is 6.07. The summed E-state index contributed by atoms with van der Waals surface area (Å²) in [6.07, 6.45) is 6.46. The zero-order valence-electron chi connectivity index (χ0n) is 18.9. The Morgan fingerprint density at radius 2 is 1.67 bits per heavy atom. The van der Waals surface area contributed by atoms with Gasteiger partial charge in [-0.1, -0.05) is 5.92 Å². The number of hydrogen-bond acceptors (Lipinski definition) is 6. The first-order valence-electron chi connectivity index (χ1n) is 11.2. The van der Waals surface area contributed by atoms with Crippen LogP contribution >= 0.6 is 0 Å². The zero-order valence-corrected chi connectivity index (χ0v) is 19.8. The van der Waals surface area contributed by atoms with Crippen LogP contribution in [0.1, 0.15) is 30.1 Å². The summed E-state index contributed by atoms with van der Waals surface area (Å²) in [5.41, 5.74) is 0.461. The highest BCUT2D eigenvalue weighted by molar-refractivity contribution is 7.89. The Morgan fingerprint density at radius 1 is 1.03 bits per heavy atom. The molecule has 9 nitrogen and oxygen atoms in total. The molecule has 10 heteroatoms. The lowest BCUT2D eigenvalue weighted by Gasteiger charge is -2.33. The van der Waals surface area contributed by atoms with Crippen molar-refractivity contribution < 1.29 is 27.5 Å². The number of rotatable bonds is 7. The Bertz CT molecular complexity index is 957. The van der Waals surface area contributed by atoms with E-state index >= 15 is 0 Å². The minimum absolute atomic E-state index is 0.106. The number of sulfonamides is 1. The topological polar surface area (TPSA) is 96.5 Å². The van der Waals surface area contributed by atoms with Crippen molar-refractivity contribution in [2.45, 2.75) is 24.7 Å². The average Bonchev–Trinajstić information content (AvgIpc) is 2.84. The first-order valence-corrected chi connectivity index (χ1v) is 12.6. The first kappa shape index (κ1) is 25.0. The Morgan fingerprint density at radius 3 is 2.24 bits per heavy atom. The minimum atomic E-state index is -3.71. The second-order valence-corrected chi connectivity index (χ2v) is 10.0. The summed E-state index contributed by atoms with van der Waals surface area (Å²) in [7, 11) is -3.71. The van der Waals surface area contributed by atoms with Gasteiger partial charge in [-0.05, 0) is 49.9 Å². The van der Waals surface area contributed by atoms with Crippen LogP contribution in [0.3, 0.4) is 0 Å². The number of hydrogen-bond donors (Lipinski definition) is 0. The standard InChI is InChI=1S/C23H31N3O6S/c1-3-17-31-18-19-9-11-24(12-10-19)22(27)20-5-7-21(8-6-20)33(29,30)26-15-13-25(14-16-26)23(28)32-4-2/h1,5-8,19H,4,9-18H2,2H3. The van der Waals surface area contributed by atoms with E-state index in [0.717, 1.165) is 12.8 Å². The van der Waals surface area contributed by atoms with Gasteiger partial charge in [-0.2, -0.15) is 4.31 Å². The summed E-state index contributed by atoms with van der Waals surface area (Å²) in [6.45, 7) is 5.12. The van der Waals surface area contributed by atoms with Crippen LogP contribution < -0.4 is 0 Å². The van der Waals surface area contributed by atoms with Crippen LogP contribution in [0.4, 0.5) is 4.79 Å². The smallest absolute Gasteiger partial charge is 0.409 e. The maximum atomic E-state index is 13.0. The van der Waals surface area contributed by atoms with E-state index in [-0.39, 0.29) is 43.6 Å². The molecule has 2 amide bonds. The van der Waals surface area contributed by atoms with Crippen molar-refractivity contribution in [2.75, 3.05) is 59.1 Å². The fraction of sp³-hybridized carbons (Fsp3) is 0.565. The third kappa shape index (κ3) is 6.25. The quantitative estimate of drug-likeness (QED) is 0.438. The molecule has 3 rings (SSSR count). The highest BCUT2D eigenvalue weighted by Crippen LogP contribution is 2.22. The van der Waals surface area contributed by atoms with Gasteiger partial charge in [-0.15, -0.1) is 6.42 Å². The molecular formula is C23H31N3O6S. The fourth-order valence-electron chi connectivity index (χ4n) is 4.01. The molecule has 180 valence electrons. The van der Waals surface area contributed by atoms with E-state index in [1.807, 2.05) is 0 Å². The summed E-state index contributed by atoms with van der Waals surface area (Å²) in [5.74, 6) is 2.73. The van der Waals surface area contributed by atoms with E-state index in [0.29, 0.717) is 37.8 Å². The van der Waals surface area contributed by atoms with Crippen LogP contribution in [0, 0.1) is 18.3 Å². The van der Waals surface area contributed by atoms with E-state index in [1.165, 1.54) is 21.3 Å². The summed E-state index contributed by atoms with van der Waals surface area (Å²) in [4.78, 5) is 28.1. The Kier molecular flexibility index (Phi) is 8.72.